The second kappa shape index (κ2) is 14.0. The van der Waals surface area contributed by atoms with Crippen molar-refractivity contribution in [1.82, 2.24) is 4.72 Å². The van der Waals surface area contributed by atoms with Crippen LogP contribution in [0.1, 0.15) is 6.42 Å². The Morgan fingerprint density at radius 1 is 1.50 bits per heavy atom. The van der Waals surface area contributed by atoms with Crippen molar-refractivity contribution in [3.05, 3.63) is 13.5 Å². The first-order chi connectivity index (χ1) is 5.04. The van der Waals surface area contributed by atoms with Crippen LogP contribution < -0.4 is 16.2 Å². The predicted molar refractivity (Wildman–Crippen MR) is 44.8 cm³/mol. The number of hydrogen-bond acceptors (Lipinski definition) is 4. The van der Waals surface area contributed by atoms with Crippen LogP contribution in [0.15, 0.2) is 0 Å². The Bertz CT molecular complexity index is 134. The molecule has 0 spiro atoms. The Kier molecular flexibility index (Phi) is 21.4. The molecule has 0 aromatic heterocycles. The molecule has 0 aliphatic heterocycles. The Morgan fingerprint density at radius 2 is 1.83 bits per heavy atom. The van der Waals surface area contributed by atoms with Crippen LogP contribution in [-0.2, 0) is 9.59 Å². The van der Waals surface area contributed by atoms with Gasteiger partial charge >= 0.3 is 0 Å². The number of hydrogen-bond donors (Lipinski definition) is 4. The van der Waals surface area contributed by atoms with Crippen molar-refractivity contribution >= 4 is 24.6 Å². The summed E-state index contributed by atoms with van der Waals surface area (Å²) in [5.41, 5.74) is 9.19. The van der Waals surface area contributed by atoms with Crippen molar-refractivity contribution in [2.75, 3.05) is 0 Å². The SMILES string of the molecule is NC(=O)[CH-]NS.[CH2-]CC(N)=O.[Pr]. The van der Waals surface area contributed by atoms with Gasteiger partial charge in [-0.05, 0) is 0 Å². The van der Waals surface area contributed by atoms with Crippen molar-refractivity contribution in [2.45, 2.75) is 6.42 Å². The van der Waals surface area contributed by atoms with Gasteiger partial charge in [-0.1, -0.05) is 0 Å². The molecule has 7 heteroatoms. The summed E-state index contributed by atoms with van der Waals surface area (Å²) in [4.78, 5) is 19.2. The van der Waals surface area contributed by atoms with E-state index in [4.69, 9.17) is 0 Å². The first-order valence-electron chi connectivity index (χ1n) is 2.64. The van der Waals surface area contributed by atoms with E-state index in [1.807, 2.05) is 0 Å². The average Bonchev–Trinajstić information content (AvgIpc) is 1.89. The fourth-order valence-corrected chi connectivity index (χ4v) is 0.191. The molecule has 0 aromatic carbocycles. The number of carbonyl (C=O) groups excluding carboxylic acids is 2. The topological polar surface area (TPSA) is 98.2 Å². The molecule has 5 N–H and O–H groups in total. The van der Waals surface area contributed by atoms with E-state index in [0.717, 1.165) is 6.54 Å². The molecule has 0 saturated carbocycles. The third-order valence-electron chi connectivity index (χ3n) is 0.453. The molecular formula is C5H11N3O2PrS-2. The van der Waals surface area contributed by atoms with Gasteiger partial charge in [-0.25, -0.2) is 6.54 Å². The summed E-state index contributed by atoms with van der Waals surface area (Å²) in [6.07, 6.45) is 0.194. The Morgan fingerprint density at radius 3 is 1.83 bits per heavy atom. The molecule has 2 amide bonds. The Hall–Kier alpha value is 0.484. The minimum Gasteiger partial charge on any atom is -0.394 e. The average molecular weight is 318 g/mol. The molecule has 0 aromatic rings. The van der Waals surface area contributed by atoms with Crippen LogP contribution >= 0.6 is 12.8 Å². The number of nitrogens with one attached hydrogen (secondary N) is 1. The van der Waals surface area contributed by atoms with Gasteiger partial charge in [-0.2, -0.15) is 0 Å². The normalized spacial score (nSPS) is 6.83. The molecule has 1 radical (unpaired) electrons. The molecule has 69 valence electrons. The maximum absolute atomic E-state index is 9.65. The zero-order valence-electron chi connectivity index (χ0n) is 6.49. The van der Waals surface area contributed by atoms with Gasteiger partial charge in [0.2, 0.25) is 0 Å². The molecule has 5 nitrogen and oxygen atoms in total. The molecule has 12 heavy (non-hydrogen) atoms. The minimum atomic E-state index is -0.523. The van der Waals surface area contributed by atoms with E-state index >= 15 is 0 Å². The number of carbonyl (C=O) groups is 2. The standard InChI is InChI=1S/C3H6NO.C2H5N2OS.Pr/c1-2-3(4)5;3-2(5)1-4-6;/h1-2H2,(H2,4,5);1,4,6H,(H2,3,5);/q2*-1;. The zero-order chi connectivity index (χ0) is 9.28. The molecular weight excluding hydrogens is 307 g/mol. The van der Waals surface area contributed by atoms with E-state index in [1.54, 1.807) is 0 Å². The largest absolute Gasteiger partial charge is 0.394 e. The van der Waals surface area contributed by atoms with E-state index < -0.39 is 5.91 Å². The van der Waals surface area contributed by atoms with Crippen molar-refractivity contribution in [3.63, 3.8) is 0 Å². The van der Waals surface area contributed by atoms with Gasteiger partial charge in [0.1, 0.15) is 0 Å². The molecule has 0 rings (SSSR count). The van der Waals surface area contributed by atoms with E-state index in [9.17, 15) is 9.59 Å². The second-order valence-corrected chi connectivity index (χ2v) is 1.65. The van der Waals surface area contributed by atoms with Crippen LogP contribution in [0.25, 0.3) is 0 Å². The van der Waals surface area contributed by atoms with Crippen LogP contribution in [0.2, 0.25) is 0 Å². The van der Waals surface area contributed by atoms with Crippen molar-refractivity contribution in [2.24, 2.45) is 11.5 Å². The van der Waals surface area contributed by atoms with Gasteiger partial charge in [0.05, 0.1) is 5.91 Å². The quantitative estimate of drug-likeness (QED) is 0.387. The van der Waals surface area contributed by atoms with Crippen molar-refractivity contribution in [1.29, 1.82) is 0 Å². The maximum Gasteiger partial charge on any atom is 0.187 e. The van der Waals surface area contributed by atoms with E-state index in [1.165, 1.54) is 0 Å². The summed E-state index contributed by atoms with van der Waals surface area (Å²) in [5, 5.41) is 0. The third-order valence-corrected chi connectivity index (χ3v) is 0.582. The third kappa shape index (κ3) is 31.4. The summed E-state index contributed by atoms with van der Waals surface area (Å²) >= 11 is 3.45. The van der Waals surface area contributed by atoms with E-state index in [-0.39, 0.29) is 53.6 Å². The van der Waals surface area contributed by atoms with Crippen LogP contribution in [0.3, 0.4) is 0 Å². The number of thiol groups is 1. The molecule has 0 aliphatic rings. The second-order valence-electron chi connectivity index (χ2n) is 1.39. The molecule has 0 bridgehead atoms. The molecule has 0 atom stereocenters. The number of nitrogens with two attached hydrogens (primary N) is 2. The van der Waals surface area contributed by atoms with Gasteiger partial charge in [0.25, 0.3) is 0 Å². The number of amides is 2. The van der Waals surface area contributed by atoms with Crippen molar-refractivity contribution in [3.8, 4) is 0 Å². The van der Waals surface area contributed by atoms with Crippen LogP contribution in [0, 0.1) is 54.8 Å². The van der Waals surface area contributed by atoms with E-state index in [2.05, 4.69) is 35.9 Å². The maximum atomic E-state index is 9.65. The minimum absolute atomic E-state index is 0. The molecule has 0 aliphatic carbocycles. The van der Waals surface area contributed by atoms with Gasteiger partial charge < -0.3 is 27.9 Å². The molecule has 0 fully saturated rings. The van der Waals surface area contributed by atoms with E-state index in [0.29, 0.717) is 0 Å². The summed E-state index contributed by atoms with van der Waals surface area (Å²) < 4.78 is 2.16. The summed E-state index contributed by atoms with van der Waals surface area (Å²) in [6.45, 7) is 4.26. The molecule has 0 saturated heterocycles. The van der Waals surface area contributed by atoms with Crippen molar-refractivity contribution < 1.29 is 50.9 Å². The summed E-state index contributed by atoms with van der Waals surface area (Å²) in [5.74, 6) is -0.880. The first kappa shape index (κ1) is 18.3. The zero-order valence-corrected chi connectivity index (χ0v) is 11.1. The Balaban J connectivity index is -0.000000126. The predicted octanol–water partition coefficient (Wildman–Crippen LogP) is -1.24. The van der Waals surface area contributed by atoms with Gasteiger partial charge in [-0.3, -0.25) is 4.79 Å². The van der Waals surface area contributed by atoms with Crippen LogP contribution in [-0.4, -0.2) is 11.8 Å². The van der Waals surface area contributed by atoms with Gasteiger partial charge in [0, 0.05) is 41.3 Å². The Labute approximate surface area is 111 Å². The first-order valence-corrected chi connectivity index (χ1v) is 3.09. The van der Waals surface area contributed by atoms with Gasteiger partial charge in [0.15, 0.2) is 5.91 Å². The summed E-state index contributed by atoms with van der Waals surface area (Å²) in [6, 6.07) is 0. The molecule has 0 heterocycles. The smallest absolute Gasteiger partial charge is 0.187 e. The fraction of sp³-hybridized carbons (Fsp3) is 0.200. The fourth-order valence-electron chi connectivity index (χ4n) is 0.0636. The van der Waals surface area contributed by atoms with Gasteiger partial charge in [-0.15, -0.1) is 19.2 Å². The molecule has 0 unspecified atom stereocenters. The summed E-state index contributed by atoms with van der Waals surface area (Å²) in [7, 11) is 0. The number of rotatable bonds is 3. The monoisotopic (exact) mass is 318 g/mol. The number of primary amides is 2. The van der Waals surface area contributed by atoms with Crippen LogP contribution in [0.5, 0.6) is 0 Å². The van der Waals surface area contributed by atoms with Crippen LogP contribution in [0.4, 0.5) is 0 Å².